The van der Waals surface area contributed by atoms with Gasteiger partial charge in [0.2, 0.25) is 0 Å². The Labute approximate surface area is 190 Å². The minimum atomic E-state index is -4.14. The predicted molar refractivity (Wildman–Crippen MR) is 123 cm³/mol. The number of hydrogen-bond acceptors (Lipinski definition) is 5. The van der Waals surface area contributed by atoms with E-state index in [1.165, 1.54) is 24.3 Å². The SMILES string of the molecule is CCOc1ccc(N(C(=O)COc2ccc(Br)c(C)c2)S(=O)(=O)c2ccccc2)cc1. The first-order valence-corrected chi connectivity index (χ1v) is 11.8. The lowest BCUT2D eigenvalue weighted by molar-refractivity contribution is -0.119. The monoisotopic (exact) mass is 503 g/mol. The van der Waals surface area contributed by atoms with Crippen LogP contribution in [0.15, 0.2) is 82.2 Å². The van der Waals surface area contributed by atoms with Gasteiger partial charge in [-0.1, -0.05) is 34.1 Å². The first-order chi connectivity index (χ1) is 14.8. The average Bonchev–Trinajstić information content (AvgIpc) is 2.76. The lowest BCUT2D eigenvalue weighted by Crippen LogP contribution is -2.40. The molecule has 0 unspecified atom stereocenters. The molecule has 0 saturated heterocycles. The zero-order valence-electron chi connectivity index (χ0n) is 17.1. The molecule has 1 amide bonds. The van der Waals surface area contributed by atoms with Crippen LogP contribution in [0.2, 0.25) is 0 Å². The van der Waals surface area contributed by atoms with Crippen molar-refractivity contribution in [1.82, 2.24) is 0 Å². The number of aryl methyl sites for hydroxylation is 1. The standard InChI is InChI=1S/C23H22BrNO5S/c1-3-29-19-11-9-18(10-12-19)25(31(27,28)21-7-5-4-6-8-21)23(26)16-30-20-13-14-22(24)17(2)15-20/h4-15H,3,16H2,1-2H3. The molecule has 3 aromatic carbocycles. The third-order valence-electron chi connectivity index (χ3n) is 4.38. The number of carbonyl (C=O) groups excluding carboxylic acids is 1. The molecule has 0 aliphatic heterocycles. The number of halogens is 1. The fourth-order valence-electron chi connectivity index (χ4n) is 2.87. The van der Waals surface area contributed by atoms with E-state index in [0.29, 0.717) is 18.1 Å². The Morgan fingerprint density at radius 2 is 1.58 bits per heavy atom. The maximum absolute atomic E-state index is 13.3. The van der Waals surface area contributed by atoms with Crippen molar-refractivity contribution >= 4 is 37.5 Å². The van der Waals surface area contributed by atoms with Gasteiger partial charge >= 0.3 is 0 Å². The smallest absolute Gasteiger partial charge is 0.278 e. The Hall–Kier alpha value is -2.84. The molecule has 0 bridgehead atoms. The number of nitrogens with zero attached hydrogens (tertiary/aromatic N) is 1. The van der Waals surface area contributed by atoms with Crippen LogP contribution in [0.25, 0.3) is 0 Å². The number of hydrogen-bond donors (Lipinski definition) is 0. The maximum Gasteiger partial charge on any atom is 0.278 e. The normalized spacial score (nSPS) is 11.1. The fourth-order valence-corrected chi connectivity index (χ4v) is 4.55. The van der Waals surface area contributed by atoms with Crippen LogP contribution in [0.1, 0.15) is 12.5 Å². The Morgan fingerprint density at radius 1 is 0.935 bits per heavy atom. The van der Waals surface area contributed by atoms with E-state index in [2.05, 4.69) is 15.9 Å². The molecule has 0 spiro atoms. The molecule has 0 atom stereocenters. The van der Waals surface area contributed by atoms with Crippen molar-refractivity contribution in [3.05, 3.63) is 82.8 Å². The maximum atomic E-state index is 13.3. The summed E-state index contributed by atoms with van der Waals surface area (Å²) in [5, 5.41) is 0. The second-order valence-electron chi connectivity index (χ2n) is 6.60. The number of amides is 1. The number of benzene rings is 3. The van der Waals surface area contributed by atoms with Gasteiger partial charge in [-0.05, 0) is 74.0 Å². The van der Waals surface area contributed by atoms with Crippen molar-refractivity contribution in [2.24, 2.45) is 0 Å². The number of ether oxygens (including phenoxy) is 2. The van der Waals surface area contributed by atoms with Gasteiger partial charge in [0.05, 0.1) is 17.2 Å². The predicted octanol–water partition coefficient (Wildman–Crippen LogP) is 4.96. The first kappa shape index (κ1) is 22.8. The third kappa shape index (κ3) is 5.45. The molecule has 3 rings (SSSR count). The summed E-state index contributed by atoms with van der Waals surface area (Å²) in [5.74, 6) is 0.337. The van der Waals surface area contributed by atoms with Crippen LogP contribution in [0, 0.1) is 6.92 Å². The molecule has 3 aromatic rings. The van der Waals surface area contributed by atoms with Crippen LogP contribution in [0.4, 0.5) is 5.69 Å². The van der Waals surface area contributed by atoms with Crippen LogP contribution in [0.5, 0.6) is 11.5 Å². The van der Waals surface area contributed by atoms with E-state index in [9.17, 15) is 13.2 Å². The zero-order chi connectivity index (χ0) is 22.4. The van der Waals surface area contributed by atoms with E-state index in [4.69, 9.17) is 9.47 Å². The van der Waals surface area contributed by atoms with Gasteiger partial charge < -0.3 is 9.47 Å². The summed E-state index contributed by atoms with van der Waals surface area (Å²) in [6, 6.07) is 19.4. The minimum absolute atomic E-state index is 0.0109. The lowest BCUT2D eigenvalue weighted by Gasteiger charge is -2.23. The summed E-state index contributed by atoms with van der Waals surface area (Å²) < 4.78 is 39.3. The summed E-state index contributed by atoms with van der Waals surface area (Å²) in [6.45, 7) is 3.78. The van der Waals surface area contributed by atoms with Gasteiger partial charge in [0.25, 0.3) is 15.9 Å². The average molecular weight is 504 g/mol. The molecule has 8 heteroatoms. The molecule has 0 heterocycles. The van der Waals surface area contributed by atoms with Gasteiger partial charge in [0.15, 0.2) is 6.61 Å². The van der Waals surface area contributed by atoms with Crippen molar-refractivity contribution in [2.75, 3.05) is 17.5 Å². The minimum Gasteiger partial charge on any atom is -0.494 e. The van der Waals surface area contributed by atoms with Crippen molar-refractivity contribution in [3.8, 4) is 11.5 Å². The van der Waals surface area contributed by atoms with E-state index >= 15 is 0 Å². The molecule has 0 radical (unpaired) electrons. The summed E-state index contributed by atoms with van der Waals surface area (Å²) in [7, 11) is -4.14. The first-order valence-electron chi connectivity index (χ1n) is 9.58. The lowest BCUT2D eigenvalue weighted by atomic mass is 10.2. The van der Waals surface area contributed by atoms with Crippen LogP contribution in [0.3, 0.4) is 0 Å². The highest BCUT2D eigenvalue weighted by Crippen LogP contribution is 2.27. The summed E-state index contributed by atoms with van der Waals surface area (Å²) in [4.78, 5) is 13.1. The highest BCUT2D eigenvalue weighted by molar-refractivity contribution is 9.10. The Bertz CT molecular complexity index is 1150. The summed E-state index contributed by atoms with van der Waals surface area (Å²) >= 11 is 3.41. The van der Waals surface area contributed by atoms with E-state index in [0.717, 1.165) is 14.3 Å². The molecule has 6 nitrogen and oxygen atoms in total. The van der Waals surface area contributed by atoms with Crippen LogP contribution in [-0.2, 0) is 14.8 Å². The Balaban J connectivity index is 1.92. The highest BCUT2D eigenvalue weighted by atomic mass is 79.9. The molecule has 0 saturated carbocycles. The molecule has 0 N–H and O–H groups in total. The van der Waals surface area contributed by atoms with Gasteiger partial charge in [-0.15, -0.1) is 0 Å². The number of sulfonamides is 1. The molecule has 0 aromatic heterocycles. The van der Waals surface area contributed by atoms with Gasteiger partial charge in [-0.3, -0.25) is 4.79 Å². The third-order valence-corrected chi connectivity index (χ3v) is 7.03. The molecule has 31 heavy (non-hydrogen) atoms. The zero-order valence-corrected chi connectivity index (χ0v) is 19.5. The van der Waals surface area contributed by atoms with Crippen LogP contribution < -0.4 is 13.8 Å². The van der Waals surface area contributed by atoms with Crippen molar-refractivity contribution in [3.63, 3.8) is 0 Å². The van der Waals surface area contributed by atoms with Crippen molar-refractivity contribution < 1.29 is 22.7 Å². The van der Waals surface area contributed by atoms with E-state index in [-0.39, 0.29) is 10.6 Å². The number of carbonyl (C=O) groups is 1. The van der Waals surface area contributed by atoms with Gasteiger partial charge in [-0.25, -0.2) is 8.42 Å². The summed E-state index contributed by atoms with van der Waals surface area (Å²) in [6.07, 6.45) is 0. The molecular formula is C23H22BrNO5S. The molecule has 0 aliphatic carbocycles. The Morgan fingerprint density at radius 3 is 2.19 bits per heavy atom. The highest BCUT2D eigenvalue weighted by Gasteiger charge is 2.31. The van der Waals surface area contributed by atoms with Crippen LogP contribution >= 0.6 is 15.9 Å². The van der Waals surface area contributed by atoms with Gasteiger partial charge in [-0.2, -0.15) is 4.31 Å². The molecular weight excluding hydrogens is 482 g/mol. The topological polar surface area (TPSA) is 72.9 Å². The van der Waals surface area contributed by atoms with E-state index < -0.39 is 22.5 Å². The van der Waals surface area contributed by atoms with E-state index in [1.807, 2.05) is 13.8 Å². The second kappa shape index (κ2) is 9.98. The molecule has 0 fully saturated rings. The van der Waals surface area contributed by atoms with Crippen molar-refractivity contribution in [1.29, 1.82) is 0 Å². The number of rotatable bonds is 8. The van der Waals surface area contributed by atoms with Gasteiger partial charge in [0, 0.05) is 4.47 Å². The van der Waals surface area contributed by atoms with Crippen molar-refractivity contribution in [2.45, 2.75) is 18.7 Å². The van der Waals surface area contributed by atoms with E-state index in [1.54, 1.807) is 48.5 Å². The largest absolute Gasteiger partial charge is 0.494 e. The molecule has 0 aliphatic rings. The quantitative estimate of drug-likeness (QED) is 0.434. The number of anilines is 1. The second-order valence-corrected chi connectivity index (χ2v) is 9.24. The molecule has 162 valence electrons. The van der Waals surface area contributed by atoms with Crippen LogP contribution in [-0.4, -0.2) is 27.5 Å². The Kier molecular flexibility index (Phi) is 7.35. The fraction of sp³-hybridized carbons (Fsp3) is 0.174. The van der Waals surface area contributed by atoms with Gasteiger partial charge in [0.1, 0.15) is 11.5 Å². The summed E-state index contributed by atoms with van der Waals surface area (Å²) in [5.41, 5.74) is 1.14.